The third-order valence-electron chi connectivity index (χ3n) is 6.14. The first-order valence-corrected chi connectivity index (χ1v) is 11.2. The molecule has 2 aromatic carbocycles. The van der Waals surface area contributed by atoms with Gasteiger partial charge in [-0.2, -0.15) is 0 Å². The molecule has 1 saturated heterocycles. The second-order valence-corrected chi connectivity index (χ2v) is 8.29. The van der Waals surface area contributed by atoms with Crippen LogP contribution >= 0.6 is 0 Å². The highest BCUT2D eigenvalue weighted by molar-refractivity contribution is 6.03. The summed E-state index contributed by atoms with van der Waals surface area (Å²) in [6.45, 7) is 0.469. The number of hydrogen-bond donors (Lipinski definition) is 0. The lowest BCUT2D eigenvalue weighted by molar-refractivity contribution is 0.181. The fourth-order valence-electron chi connectivity index (χ4n) is 4.36. The summed E-state index contributed by atoms with van der Waals surface area (Å²) < 4.78 is 23.0. The van der Waals surface area contributed by atoms with Gasteiger partial charge < -0.3 is 4.74 Å². The van der Waals surface area contributed by atoms with Gasteiger partial charge in [0.2, 0.25) is 0 Å². The van der Waals surface area contributed by atoms with Gasteiger partial charge in [0, 0.05) is 42.0 Å². The van der Waals surface area contributed by atoms with Gasteiger partial charge in [0.15, 0.2) is 0 Å². The monoisotopic (exact) mass is 479 g/mol. The second kappa shape index (κ2) is 8.36. The molecular weight excluding hydrogens is 461 g/mol. The van der Waals surface area contributed by atoms with E-state index in [1.54, 1.807) is 31.7 Å². The van der Waals surface area contributed by atoms with E-state index in [9.17, 15) is 9.59 Å². The summed E-state index contributed by atoms with van der Waals surface area (Å²) in [5, 5.41) is 0.704. The van der Waals surface area contributed by atoms with Gasteiger partial charge in [0.1, 0.15) is 12.4 Å². The number of carbonyl (C=O) groups is 1. The maximum absolute atomic E-state index is 15.1. The molecule has 1 aliphatic heterocycles. The van der Waals surface area contributed by atoms with E-state index in [4.69, 9.17) is 4.74 Å². The van der Waals surface area contributed by atoms with Crippen LogP contribution in [0.2, 0.25) is 0 Å². The predicted octanol–water partition coefficient (Wildman–Crippen LogP) is 3.77. The zero-order chi connectivity index (χ0) is 24.8. The molecule has 9 heteroatoms. The lowest BCUT2D eigenvalue weighted by Crippen LogP contribution is -2.25. The van der Waals surface area contributed by atoms with Crippen molar-refractivity contribution in [3.05, 3.63) is 94.5 Å². The molecule has 0 unspecified atom stereocenters. The van der Waals surface area contributed by atoms with Gasteiger partial charge in [-0.25, -0.2) is 14.0 Å². The molecule has 0 atom stereocenters. The average molecular weight is 479 g/mol. The average Bonchev–Trinajstić information content (AvgIpc) is 3.43. The number of carbonyl (C=O) groups excluding carboxylic acids is 1. The number of ether oxygens (including phenoxy) is 1. The first kappa shape index (κ1) is 21.6. The summed E-state index contributed by atoms with van der Waals surface area (Å²) in [5.41, 5.74) is 3.46. The fraction of sp³-hybridized carbons (Fsp3) is 0.111. The van der Waals surface area contributed by atoms with Gasteiger partial charge in [-0.15, -0.1) is 0 Å². The molecule has 6 rings (SSSR count). The van der Waals surface area contributed by atoms with Crippen LogP contribution in [0.3, 0.4) is 0 Å². The zero-order valence-corrected chi connectivity index (χ0v) is 19.1. The van der Waals surface area contributed by atoms with E-state index < -0.39 is 11.9 Å². The first-order valence-electron chi connectivity index (χ1n) is 11.2. The molecule has 0 aliphatic carbocycles. The highest BCUT2D eigenvalue weighted by atomic mass is 19.1. The molecular formula is C27H18FN5O3. The van der Waals surface area contributed by atoms with Gasteiger partial charge in [0.05, 0.1) is 40.7 Å². The Morgan fingerprint density at radius 2 is 1.89 bits per heavy atom. The highest BCUT2D eigenvalue weighted by Crippen LogP contribution is 2.29. The molecule has 3 aromatic heterocycles. The van der Waals surface area contributed by atoms with Crippen LogP contribution in [-0.2, 0) is 11.8 Å². The number of halogens is 1. The Labute approximate surface area is 204 Å². The maximum atomic E-state index is 15.1. The minimum Gasteiger partial charge on any atom is -0.447 e. The Bertz CT molecular complexity index is 1800. The first-order chi connectivity index (χ1) is 17.5. The van der Waals surface area contributed by atoms with E-state index >= 15 is 4.39 Å². The quantitative estimate of drug-likeness (QED) is 0.360. The maximum Gasteiger partial charge on any atom is 0.414 e. The molecule has 8 nitrogen and oxygen atoms in total. The van der Waals surface area contributed by atoms with Crippen molar-refractivity contribution in [2.24, 2.45) is 7.05 Å². The molecule has 4 heterocycles. The van der Waals surface area contributed by atoms with E-state index in [1.807, 2.05) is 30.3 Å². The van der Waals surface area contributed by atoms with Crippen LogP contribution in [0, 0.1) is 17.7 Å². The number of cyclic esters (lactones) is 1. The molecule has 0 saturated carbocycles. The van der Waals surface area contributed by atoms with Crippen molar-refractivity contribution in [2.45, 2.75) is 0 Å². The van der Waals surface area contributed by atoms with E-state index in [0.29, 0.717) is 27.6 Å². The summed E-state index contributed by atoms with van der Waals surface area (Å²) >= 11 is 0. The van der Waals surface area contributed by atoms with Crippen molar-refractivity contribution in [3.63, 3.8) is 0 Å². The molecule has 176 valence electrons. The van der Waals surface area contributed by atoms with Crippen LogP contribution in [0.25, 0.3) is 27.6 Å². The number of hydrogen-bond acceptors (Lipinski definition) is 5. The zero-order valence-electron chi connectivity index (χ0n) is 19.1. The summed E-state index contributed by atoms with van der Waals surface area (Å²) in [4.78, 5) is 35.0. The van der Waals surface area contributed by atoms with Gasteiger partial charge in [-0.05, 0) is 42.5 Å². The van der Waals surface area contributed by atoms with Crippen LogP contribution in [0.5, 0.6) is 0 Å². The Morgan fingerprint density at radius 1 is 1.03 bits per heavy atom. The van der Waals surface area contributed by atoms with Crippen LogP contribution in [0.1, 0.15) is 11.1 Å². The molecule has 1 aliphatic rings. The number of anilines is 1. The lowest BCUT2D eigenvalue weighted by atomic mass is 10.1. The number of aryl methyl sites for hydroxylation is 1. The Kier molecular flexibility index (Phi) is 5.00. The summed E-state index contributed by atoms with van der Waals surface area (Å²) in [5.74, 6) is 5.58. The molecule has 36 heavy (non-hydrogen) atoms. The fourth-order valence-corrected chi connectivity index (χ4v) is 4.36. The largest absolute Gasteiger partial charge is 0.447 e. The Balaban J connectivity index is 1.53. The van der Waals surface area contributed by atoms with Crippen molar-refractivity contribution in [3.8, 4) is 17.5 Å². The van der Waals surface area contributed by atoms with Crippen molar-refractivity contribution in [1.29, 1.82) is 0 Å². The molecule has 0 spiro atoms. The van der Waals surface area contributed by atoms with Crippen LogP contribution in [0.15, 0.2) is 71.9 Å². The number of imidazole rings is 1. The van der Waals surface area contributed by atoms with Crippen molar-refractivity contribution >= 4 is 33.7 Å². The third kappa shape index (κ3) is 3.47. The molecule has 0 radical (unpaired) electrons. The van der Waals surface area contributed by atoms with E-state index in [2.05, 4.69) is 21.8 Å². The molecule has 0 bridgehead atoms. The smallest absolute Gasteiger partial charge is 0.414 e. The Morgan fingerprint density at radius 3 is 2.64 bits per heavy atom. The number of benzene rings is 2. The molecule has 1 fully saturated rings. The van der Waals surface area contributed by atoms with Gasteiger partial charge in [0.25, 0.3) is 0 Å². The highest BCUT2D eigenvalue weighted by Gasteiger charge is 2.26. The summed E-state index contributed by atoms with van der Waals surface area (Å²) in [6.07, 6.45) is 4.40. The minimum absolute atomic E-state index is 0.106. The molecule has 5 aromatic rings. The predicted molar refractivity (Wildman–Crippen MR) is 133 cm³/mol. The number of nitrogens with zero attached hydrogens (tertiary/aromatic N) is 5. The number of rotatable bonds is 2. The van der Waals surface area contributed by atoms with Crippen molar-refractivity contribution in [1.82, 2.24) is 19.1 Å². The molecule has 0 N–H and O–H groups in total. The van der Waals surface area contributed by atoms with E-state index in [-0.39, 0.29) is 24.5 Å². The SMILES string of the molecule is Cn1c(=O)n(-c2ccc(N3CCOC3=O)c(F)c2)c2c3cc(C#Cc4cccnc4)ccc3ncc21. The number of amides is 1. The lowest BCUT2D eigenvalue weighted by Gasteiger charge is -2.15. The van der Waals surface area contributed by atoms with Crippen LogP contribution in [0.4, 0.5) is 14.9 Å². The van der Waals surface area contributed by atoms with E-state index in [1.165, 1.54) is 26.2 Å². The van der Waals surface area contributed by atoms with Crippen molar-refractivity contribution < 1.29 is 13.9 Å². The normalized spacial score (nSPS) is 13.2. The Hall–Kier alpha value is -4.97. The van der Waals surface area contributed by atoms with Crippen LogP contribution < -0.4 is 10.6 Å². The van der Waals surface area contributed by atoms with Crippen molar-refractivity contribution in [2.75, 3.05) is 18.1 Å². The molecule has 1 amide bonds. The minimum atomic E-state index is -0.628. The standard InChI is InChI=1S/C27H18FN5O3/c1-31-24-16-30-22-8-6-17(4-5-18-3-2-10-29-15-18)13-20(22)25(24)33(26(31)34)19-7-9-23(21(28)14-19)32-11-12-36-27(32)35/h2-3,6-10,13-16H,11-12H2,1H3. The number of fused-ring (bicyclic) bond motifs is 3. The second-order valence-electron chi connectivity index (χ2n) is 8.29. The number of aromatic nitrogens is 4. The van der Waals surface area contributed by atoms with Crippen LogP contribution in [-0.4, -0.2) is 38.3 Å². The summed E-state index contributed by atoms with van der Waals surface area (Å²) in [6, 6.07) is 13.6. The topological polar surface area (TPSA) is 82.3 Å². The third-order valence-corrected chi connectivity index (χ3v) is 6.14. The number of pyridine rings is 2. The van der Waals surface area contributed by atoms with Gasteiger partial charge in [-0.1, -0.05) is 11.8 Å². The van der Waals surface area contributed by atoms with E-state index in [0.717, 1.165) is 11.1 Å². The van der Waals surface area contributed by atoms with Gasteiger partial charge in [-0.3, -0.25) is 24.0 Å². The summed E-state index contributed by atoms with van der Waals surface area (Å²) in [7, 11) is 1.64. The van der Waals surface area contributed by atoms with Gasteiger partial charge >= 0.3 is 11.8 Å².